The summed E-state index contributed by atoms with van der Waals surface area (Å²) in [7, 11) is 0. The van der Waals surface area contributed by atoms with Gasteiger partial charge in [-0.05, 0) is 13.0 Å². The van der Waals surface area contributed by atoms with Crippen molar-refractivity contribution in [1.82, 2.24) is 15.5 Å². The average Bonchev–Trinajstić information content (AvgIpc) is 2.27. The van der Waals surface area contributed by atoms with Gasteiger partial charge in [0, 0.05) is 6.07 Å². The molecule has 0 aliphatic carbocycles. The van der Waals surface area contributed by atoms with Crippen LogP contribution in [0.4, 0.5) is 13.2 Å². The van der Waals surface area contributed by atoms with Crippen LogP contribution in [-0.2, 0) is 4.79 Å². The van der Waals surface area contributed by atoms with Gasteiger partial charge in [-0.1, -0.05) is 0 Å². The van der Waals surface area contributed by atoms with E-state index in [0.29, 0.717) is 6.92 Å². The first-order valence-corrected chi connectivity index (χ1v) is 4.76. The normalized spacial score (nSPS) is 14.5. The third kappa shape index (κ3) is 2.89. The largest absolute Gasteiger partial charge is 0.479 e. The van der Waals surface area contributed by atoms with Gasteiger partial charge in [-0.2, -0.15) is 18.3 Å². The van der Waals surface area contributed by atoms with Crippen LogP contribution in [0.5, 0.6) is 0 Å². The number of hydrogen-bond donors (Lipinski definition) is 3. The maximum atomic E-state index is 12.6. The van der Waals surface area contributed by atoms with Crippen molar-refractivity contribution in [2.24, 2.45) is 0 Å². The second-order valence-electron chi connectivity index (χ2n) is 3.69. The fourth-order valence-corrected chi connectivity index (χ4v) is 1.01. The number of rotatable bonds is 3. The minimum Gasteiger partial charge on any atom is -0.479 e. The van der Waals surface area contributed by atoms with Gasteiger partial charge >= 0.3 is 12.1 Å². The van der Waals surface area contributed by atoms with E-state index in [-0.39, 0.29) is 0 Å². The Labute approximate surface area is 103 Å². The molecule has 1 heterocycles. The van der Waals surface area contributed by atoms with E-state index >= 15 is 0 Å². The number of nitrogens with zero attached hydrogens (tertiary/aromatic N) is 1. The molecule has 7 nitrogen and oxygen atoms in total. The maximum absolute atomic E-state index is 12.6. The summed E-state index contributed by atoms with van der Waals surface area (Å²) in [5, 5.41) is 14.9. The zero-order valence-corrected chi connectivity index (χ0v) is 9.41. The maximum Gasteiger partial charge on any atom is 0.422 e. The van der Waals surface area contributed by atoms with Crippen LogP contribution in [0, 0.1) is 0 Å². The monoisotopic (exact) mass is 279 g/mol. The number of H-pyrrole nitrogens is 1. The van der Waals surface area contributed by atoms with Crippen molar-refractivity contribution in [2.75, 3.05) is 0 Å². The zero-order chi connectivity index (χ0) is 14.8. The van der Waals surface area contributed by atoms with Crippen LogP contribution >= 0.6 is 0 Å². The minimum atomic E-state index is -5.20. The van der Waals surface area contributed by atoms with Crippen molar-refractivity contribution in [3.05, 3.63) is 28.2 Å². The minimum absolute atomic E-state index is 0.304. The van der Waals surface area contributed by atoms with E-state index in [0.717, 1.165) is 12.1 Å². The lowest BCUT2D eigenvalue weighted by atomic mass is 10.0. The Hall–Kier alpha value is -2.39. The number of carbonyl (C=O) groups is 2. The van der Waals surface area contributed by atoms with Crippen molar-refractivity contribution in [3.8, 4) is 0 Å². The van der Waals surface area contributed by atoms with Crippen molar-refractivity contribution in [1.29, 1.82) is 0 Å². The molecule has 10 heteroatoms. The predicted octanol–water partition coefficient (Wildman–Crippen LogP) is -0.0947. The van der Waals surface area contributed by atoms with Crippen LogP contribution in [0.25, 0.3) is 0 Å². The third-order valence-corrected chi connectivity index (χ3v) is 2.27. The average molecular weight is 279 g/mol. The highest BCUT2D eigenvalue weighted by atomic mass is 19.4. The number of halogens is 3. The Bertz CT molecular complexity index is 548. The van der Waals surface area contributed by atoms with Crippen LogP contribution in [0.1, 0.15) is 17.4 Å². The smallest absolute Gasteiger partial charge is 0.422 e. The van der Waals surface area contributed by atoms with Crippen LogP contribution in [-0.4, -0.2) is 38.9 Å². The Balaban J connectivity index is 3.05. The molecular formula is C9H8F3N3O4. The molecule has 1 unspecified atom stereocenters. The second-order valence-corrected chi connectivity index (χ2v) is 3.69. The molecule has 1 rings (SSSR count). The van der Waals surface area contributed by atoms with Gasteiger partial charge in [-0.15, -0.1) is 0 Å². The molecule has 1 amide bonds. The highest BCUT2D eigenvalue weighted by Crippen LogP contribution is 2.30. The van der Waals surface area contributed by atoms with Crippen molar-refractivity contribution < 1.29 is 27.9 Å². The Morgan fingerprint density at radius 1 is 1.37 bits per heavy atom. The Morgan fingerprint density at radius 2 is 1.95 bits per heavy atom. The molecule has 0 saturated heterocycles. The highest BCUT2D eigenvalue weighted by Gasteiger charge is 2.58. The lowest BCUT2D eigenvalue weighted by molar-refractivity contribution is -0.203. The molecule has 0 aromatic carbocycles. The molecular weight excluding hydrogens is 271 g/mol. The Morgan fingerprint density at radius 3 is 2.32 bits per heavy atom. The number of carbonyl (C=O) groups excluding carboxylic acids is 1. The van der Waals surface area contributed by atoms with Crippen molar-refractivity contribution in [3.63, 3.8) is 0 Å². The first-order chi connectivity index (χ1) is 8.58. The molecule has 1 atom stereocenters. The summed E-state index contributed by atoms with van der Waals surface area (Å²) >= 11 is 0. The van der Waals surface area contributed by atoms with Crippen molar-refractivity contribution in [2.45, 2.75) is 18.6 Å². The summed E-state index contributed by atoms with van der Waals surface area (Å²) in [6, 6.07) is 1.74. The molecule has 0 fully saturated rings. The lowest BCUT2D eigenvalue weighted by Crippen LogP contribution is -2.62. The van der Waals surface area contributed by atoms with Gasteiger partial charge in [-0.25, -0.2) is 9.89 Å². The van der Waals surface area contributed by atoms with Crippen LogP contribution in [0.3, 0.4) is 0 Å². The number of alkyl halides is 3. The van der Waals surface area contributed by atoms with Gasteiger partial charge in [0.2, 0.25) is 5.54 Å². The number of nitrogens with one attached hydrogen (secondary N) is 2. The number of carboxylic acid groups (broad SMARTS) is 1. The summed E-state index contributed by atoms with van der Waals surface area (Å²) in [6.45, 7) is 0.304. The molecule has 19 heavy (non-hydrogen) atoms. The van der Waals surface area contributed by atoms with Gasteiger partial charge < -0.3 is 10.4 Å². The summed E-state index contributed by atoms with van der Waals surface area (Å²) < 4.78 is 37.9. The van der Waals surface area contributed by atoms with E-state index in [4.69, 9.17) is 5.11 Å². The molecule has 3 N–H and O–H groups in total. The van der Waals surface area contributed by atoms with Gasteiger partial charge in [0.1, 0.15) is 5.69 Å². The highest BCUT2D eigenvalue weighted by molar-refractivity contribution is 5.96. The summed E-state index contributed by atoms with van der Waals surface area (Å²) in [5.41, 5.74) is -4.66. The van der Waals surface area contributed by atoms with Crippen molar-refractivity contribution >= 4 is 11.9 Å². The van der Waals surface area contributed by atoms with Gasteiger partial charge in [0.15, 0.2) is 0 Å². The SMILES string of the molecule is CC(NC(=O)c1ccc(=O)[nH]n1)(C(=O)O)C(F)(F)F. The number of amides is 1. The molecule has 1 aromatic rings. The van der Waals surface area contributed by atoms with Gasteiger partial charge in [0.25, 0.3) is 11.5 Å². The number of hydrogen-bond acceptors (Lipinski definition) is 4. The molecule has 1 aromatic heterocycles. The fraction of sp³-hybridized carbons (Fsp3) is 0.333. The van der Waals surface area contributed by atoms with Crippen LogP contribution < -0.4 is 10.9 Å². The second kappa shape index (κ2) is 4.71. The standard InChI is InChI=1S/C9H8F3N3O4/c1-8(7(18)19,9(10,11)12)13-6(17)4-2-3-5(16)15-14-4/h2-3H,1H3,(H,13,17)(H,15,16)(H,18,19). The molecule has 0 radical (unpaired) electrons. The topological polar surface area (TPSA) is 112 Å². The fourth-order valence-electron chi connectivity index (χ4n) is 1.01. The molecule has 0 saturated carbocycles. The van der Waals surface area contributed by atoms with E-state index in [2.05, 4.69) is 5.10 Å². The summed E-state index contributed by atoms with van der Waals surface area (Å²) in [5.74, 6) is -3.64. The number of aromatic amines is 1. The zero-order valence-electron chi connectivity index (χ0n) is 9.41. The molecule has 104 valence electrons. The van der Waals surface area contributed by atoms with Gasteiger partial charge in [-0.3, -0.25) is 9.59 Å². The lowest BCUT2D eigenvalue weighted by Gasteiger charge is -2.28. The van der Waals surface area contributed by atoms with E-state index < -0.39 is 34.8 Å². The number of aromatic nitrogens is 2. The molecule has 0 spiro atoms. The number of aliphatic carboxylic acids is 1. The van der Waals surface area contributed by atoms with Gasteiger partial charge in [0.05, 0.1) is 0 Å². The van der Waals surface area contributed by atoms with E-state index in [9.17, 15) is 27.6 Å². The first kappa shape index (κ1) is 14.7. The van der Waals surface area contributed by atoms with E-state index in [1.54, 1.807) is 0 Å². The first-order valence-electron chi connectivity index (χ1n) is 4.76. The Kier molecular flexibility index (Phi) is 3.63. The number of carboxylic acids is 1. The van der Waals surface area contributed by atoms with E-state index in [1.165, 1.54) is 5.32 Å². The van der Waals surface area contributed by atoms with Crippen LogP contribution in [0.2, 0.25) is 0 Å². The third-order valence-electron chi connectivity index (χ3n) is 2.27. The predicted molar refractivity (Wildman–Crippen MR) is 54.4 cm³/mol. The van der Waals surface area contributed by atoms with Crippen LogP contribution in [0.15, 0.2) is 16.9 Å². The molecule has 0 aliphatic heterocycles. The molecule has 0 bridgehead atoms. The summed E-state index contributed by atoms with van der Waals surface area (Å²) in [6.07, 6.45) is -5.20. The summed E-state index contributed by atoms with van der Waals surface area (Å²) in [4.78, 5) is 32.8. The molecule has 0 aliphatic rings. The quantitative estimate of drug-likeness (QED) is 0.715. The van der Waals surface area contributed by atoms with E-state index in [1.807, 2.05) is 5.10 Å².